The van der Waals surface area contributed by atoms with Crippen LogP contribution in [0, 0.1) is 19.7 Å². The van der Waals surface area contributed by atoms with Gasteiger partial charge in [-0.1, -0.05) is 29.8 Å². The number of carbonyl (C=O) groups is 1. The highest BCUT2D eigenvalue weighted by molar-refractivity contribution is 7.80. The molecule has 0 saturated carbocycles. The molecule has 2 aromatic carbocycles. The SMILES string of the molecule is CC1=C(C(=O)Nc2cccc(C)c2C)[C@H](c2c(F)cccc2Cl)NC(=S)N1. The Kier molecular flexibility index (Phi) is 5.48. The summed E-state index contributed by atoms with van der Waals surface area (Å²) >= 11 is 11.4. The van der Waals surface area contributed by atoms with Crippen LogP contribution >= 0.6 is 23.8 Å². The summed E-state index contributed by atoms with van der Waals surface area (Å²) in [6.07, 6.45) is 0. The molecule has 1 aliphatic rings. The maximum atomic E-state index is 14.5. The van der Waals surface area contributed by atoms with E-state index in [1.54, 1.807) is 13.0 Å². The molecule has 3 N–H and O–H groups in total. The van der Waals surface area contributed by atoms with Gasteiger partial charge >= 0.3 is 0 Å². The van der Waals surface area contributed by atoms with Crippen molar-refractivity contribution < 1.29 is 9.18 Å². The van der Waals surface area contributed by atoms with Crippen LogP contribution < -0.4 is 16.0 Å². The second-order valence-electron chi connectivity index (χ2n) is 6.41. The highest BCUT2D eigenvalue weighted by Crippen LogP contribution is 2.34. The normalized spacial score (nSPS) is 16.6. The average molecular weight is 404 g/mol. The summed E-state index contributed by atoms with van der Waals surface area (Å²) in [7, 11) is 0. The fraction of sp³-hybridized carbons (Fsp3) is 0.200. The summed E-state index contributed by atoms with van der Waals surface area (Å²) in [4.78, 5) is 13.1. The Morgan fingerprint density at radius 1 is 1.19 bits per heavy atom. The number of allylic oxidation sites excluding steroid dienone is 1. The van der Waals surface area contributed by atoms with E-state index in [0.717, 1.165) is 11.1 Å². The van der Waals surface area contributed by atoms with Crippen LogP contribution in [0.25, 0.3) is 0 Å². The highest BCUT2D eigenvalue weighted by Gasteiger charge is 2.33. The van der Waals surface area contributed by atoms with Crippen LogP contribution in [0.5, 0.6) is 0 Å². The zero-order valence-electron chi connectivity index (χ0n) is 15.1. The quantitative estimate of drug-likeness (QED) is 0.659. The summed E-state index contributed by atoms with van der Waals surface area (Å²) in [5.41, 5.74) is 3.80. The van der Waals surface area contributed by atoms with Crippen LogP contribution in [0.2, 0.25) is 5.02 Å². The zero-order valence-corrected chi connectivity index (χ0v) is 16.7. The van der Waals surface area contributed by atoms with E-state index in [4.69, 9.17) is 23.8 Å². The number of nitrogens with one attached hydrogen (secondary N) is 3. The molecular formula is C20H19ClFN3OS. The van der Waals surface area contributed by atoms with Crippen LogP contribution in [0.3, 0.4) is 0 Å². The Morgan fingerprint density at radius 3 is 2.59 bits per heavy atom. The molecule has 0 aromatic heterocycles. The molecule has 4 nitrogen and oxygen atoms in total. The first-order chi connectivity index (χ1) is 12.8. The molecule has 1 heterocycles. The monoisotopic (exact) mass is 403 g/mol. The second-order valence-corrected chi connectivity index (χ2v) is 7.22. The molecule has 27 heavy (non-hydrogen) atoms. The van der Waals surface area contributed by atoms with Crippen molar-refractivity contribution in [3.8, 4) is 0 Å². The molecule has 0 bridgehead atoms. The van der Waals surface area contributed by atoms with Crippen molar-refractivity contribution in [2.24, 2.45) is 0 Å². The molecule has 0 radical (unpaired) electrons. The number of rotatable bonds is 3. The number of thiocarbonyl (C=S) groups is 1. The summed E-state index contributed by atoms with van der Waals surface area (Å²) < 4.78 is 14.5. The minimum Gasteiger partial charge on any atom is -0.351 e. The third-order valence-electron chi connectivity index (χ3n) is 4.65. The number of anilines is 1. The smallest absolute Gasteiger partial charge is 0.255 e. The lowest BCUT2D eigenvalue weighted by Gasteiger charge is -2.31. The lowest BCUT2D eigenvalue weighted by Crippen LogP contribution is -2.46. The molecule has 2 aromatic rings. The minimum absolute atomic E-state index is 0.188. The molecule has 7 heteroatoms. The summed E-state index contributed by atoms with van der Waals surface area (Å²) in [6, 6.07) is 9.29. The van der Waals surface area contributed by atoms with Crippen LogP contribution in [0.15, 0.2) is 47.7 Å². The van der Waals surface area contributed by atoms with E-state index in [9.17, 15) is 9.18 Å². The Bertz CT molecular complexity index is 953. The van der Waals surface area contributed by atoms with Crippen LogP contribution in [-0.2, 0) is 4.79 Å². The number of halogens is 2. The van der Waals surface area contributed by atoms with E-state index >= 15 is 0 Å². The van der Waals surface area contributed by atoms with E-state index in [0.29, 0.717) is 22.1 Å². The fourth-order valence-electron chi connectivity index (χ4n) is 3.07. The molecular weight excluding hydrogens is 385 g/mol. The predicted molar refractivity (Wildman–Crippen MR) is 110 cm³/mol. The van der Waals surface area contributed by atoms with Crippen molar-refractivity contribution >= 4 is 40.5 Å². The standard InChI is InChI=1S/C20H19ClFN3OS/c1-10-6-4-9-15(11(10)2)24-19(26)16-12(3)23-20(27)25-18(16)17-13(21)7-5-8-14(17)22/h4-9,18H,1-3H3,(H,24,26)(H2,23,25,27)/t18-/m1/s1. The maximum Gasteiger partial charge on any atom is 0.255 e. The Labute approximate surface area is 167 Å². The first kappa shape index (κ1) is 19.3. The number of amides is 1. The molecule has 0 fully saturated rings. The van der Waals surface area contributed by atoms with Gasteiger partial charge in [-0.2, -0.15) is 0 Å². The summed E-state index contributed by atoms with van der Waals surface area (Å²) in [5.74, 6) is -0.859. The van der Waals surface area contributed by atoms with Crippen molar-refractivity contribution in [1.29, 1.82) is 0 Å². The summed E-state index contributed by atoms with van der Waals surface area (Å²) in [6.45, 7) is 5.64. The van der Waals surface area contributed by atoms with Gasteiger partial charge in [0.25, 0.3) is 5.91 Å². The predicted octanol–water partition coefficient (Wildman–Crippen LogP) is 4.53. The molecule has 0 unspecified atom stereocenters. The lowest BCUT2D eigenvalue weighted by molar-refractivity contribution is -0.113. The van der Waals surface area contributed by atoms with Gasteiger partial charge in [-0.15, -0.1) is 0 Å². The number of hydrogen-bond donors (Lipinski definition) is 3. The van der Waals surface area contributed by atoms with Crippen LogP contribution in [0.1, 0.15) is 29.7 Å². The molecule has 1 aliphatic heterocycles. The second kappa shape index (κ2) is 7.66. The Balaban J connectivity index is 2.04. The number of hydrogen-bond acceptors (Lipinski definition) is 2. The van der Waals surface area contributed by atoms with E-state index in [-0.39, 0.29) is 16.5 Å². The van der Waals surface area contributed by atoms with Gasteiger partial charge < -0.3 is 16.0 Å². The van der Waals surface area contributed by atoms with Gasteiger partial charge in [-0.25, -0.2) is 4.39 Å². The minimum atomic E-state index is -0.794. The zero-order chi connectivity index (χ0) is 19.7. The van der Waals surface area contributed by atoms with Gasteiger partial charge in [0, 0.05) is 22.0 Å². The molecule has 0 saturated heterocycles. The van der Waals surface area contributed by atoms with E-state index in [2.05, 4.69) is 16.0 Å². The Morgan fingerprint density at radius 2 is 1.89 bits per heavy atom. The topological polar surface area (TPSA) is 53.2 Å². The fourth-order valence-corrected chi connectivity index (χ4v) is 3.62. The maximum absolute atomic E-state index is 14.5. The lowest BCUT2D eigenvalue weighted by atomic mass is 9.94. The molecule has 140 valence electrons. The molecule has 1 amide bonds. The van der Waals surface area contributed by atoms with Gasteiger partial charge in [-0.3, -0.25) is 4.79 Å². The van der Waals surface area contributed by atoms with Crippen LogP contribution in [0.4, 0.5) is 10.1 Å². The third-order valence-corrected chi connectivity index (χ3v) is 5.20. The van der Waals surface area contributed by atoms with E-state index in [1.807, 2.05) is 32.0 Å². The van der Waals surface area contributed by atoms with Crippen molar-refractivity contribution in [2.75, 3.05) is 5.32 Å². The summed E-state index contributed by atoms with van der Waals surface area (Å²) in [5, 5.41) is 9.35. The highest BCUT2D eigenvalue weighted by atomic mass is 35.5. The van der Waals surface area contributed by atoms with Gasteiger partial charge in [-0.05, 0) is 62.3 Å². The number of aryl methyl sites for hydroxylation is 1. The van der Waals surface area contributed by atoms with Crippen molar-refractivity contribution in [1.82, 2.24) is 10.6 Å². The Hall–Kier alpha value is -2.44. The van der Waals surface area contributed by atoms with Crippen molar-refractivity contribution in [3.63, 3.8) is 0 Å². The first-order valence-corrected chi connectivity index (χ1v) is 9.18. The van der Waals surface area contributed by atoms with Gasteiger partial charge in [0.2, 0.25) is 0 Å². The van der Waals surface area contributed by atoms with Gasteiger partial charge in [0.05, 0.1) is 11.6 Å². The molecule has 0 spiro atoms. The van der Waals surface area contributed by atoms with Crippen molar-refractivity contribution in [3.05, 3.63) is 75.2 Å². The number of benzene rings is 2. The third kappa shape index (κ3) is 3.82. The largest absolute Gasteiger partial charge is 0.351 e. The number of carbonyl (C=O) groups excluding carboxylic acids is 1. The average Bonchev–Trinajstić information content (AvgIpc) is 2.58. The first-order valence-electron chi connectivity index (χ1n) is 8.39. The van der Waals surface area contributed by atoms with Crippen LogP contribution in [-0.4, -0.2) is 11.0 Å². The van der Waals surface area contributed by atoms with E-state index in [1.165, 1.54) is 12.1 Å². The van der Waals surface area contributed by atoms with Gasteiger partial charge in [0.15, 0.2) is 5.11 Å². The van der Waals surface area contributed by atoms with E-state index < -0.39 is 11.9 Å². The van der Waals surface area contributed by atoms with Gasteiger partial charge in [0.1, 0.15) is 5.82 Å². The molecule has 3 rings (SSSR count). The molecule has 0 aliphatic carbocycles. The van der Waals surface area contributed by atoms with Crippen molar-refractivity contribution in [2.45, 2.75) is 26.8 Å². The molecule has 1 atom stereocenters.